The largest absolute Gasteiger partial charge is 0.460 e. The average molecular weight is 488 g/mol. The van der Waals surface area contributed by atoms with Crippen LogP contribution in [-0.2, 0) is 30.3 Å². The molecule has 1 aliphatic rings. The van der Waals surface area contributed by atoms with Gasteiger partial charge in [-0.05, 0) is 30.7 Å². The average Bonchev–Trinajstić information content (AvgIpc) is 2.84. The lowest BCUT2D eigenvalue weighted by molar-refractivity contribution is -0.158. The lowest BCUT2D eigenvalue weighted by atomic mass is 9.94. The summed E-state index contributed by atoms with van der Waals surface area (Å²) in [4.78, 5) is 52.3. The highest BCUT2D eigenvalue weighted by Gasteiger charge is 2.35. The summed E-state index contributed by atoms with van der Waals surface area (Å²) in [5.41, 5.74) is 0.880. The molecule has 0 spiro atoms. The molecule has 1 aliphatic heterocycles. The van der Waals surface area contributed by atoms with Gasteiger partial charge in [-0.1, -0.05) is 77.3 Å². The normalized spacial score (nSPS) is 26.1. The van der Waals surface area contributed by atoms with Crippen LogP contribution >= 0.6 is 0 Å². The Hall–Kier alpha value is -2.90. The van der Waals surface area contributed by atoms with Crippen molar-refractivity contribution in [1.29, 1.82) is 0 Å². The fraction of sp³-hybridized carbons (Fsp3) is 0.630. The molecule has 0 aliphatic carbocycles. The van der Waals surface area contributed by atoms with Crippen molar-refractivity contribution in [2.75, 3.05) is 0 Å². The van der Waals surface area contributed by atoms with E-state index in [4.69, 9.17) is 4.74 Å². The number of amides is 3. The van der Waals surface area contributed by atoms with E-state index < -0.39 is 42.0 Å². The van der Waals surface area contributed by atoms with Gasteiger partial charge >= 0.3 is 5.97 Å². The fourth-order valence-electron chi connectivity index (χ4n) is 4.12. The van der Waals surface area contributed by atoms with Crippen LogP contribution in [0.5, 0.6) is 0 Å². The quantitative estimate of drug-likeness (QED) is 0.488. The van der Waals surface area contributed by atoms with Crippen LogP contribution in [0.4, 0.5) is 0 Å². The summed E-state index contributed by atoms with van der Waals surface area (Å²) in [7, 11) is 0. The number of hydrogen-bond donors (Lipinski definition) is 3. The first-order valence-electron chi connectivity index (χ1n) is 12.8. The molecule has 35 heavy (non-hydrogen) atoms. The van der Waals surface area contributed by atoms with Crippen molar-refractivity contribution in [3.8, 4) is 0 Å². The third-order valence-corrected chi connectivity index (χ3v) is 6.75. The number of cyclic esters (lactones) is 1. The van der Waals surface area contributed by atoms with E-state index in [-0.39, 0.29) is 30.6 Å². The standard InChI is InChI=1S/C27H41N3O5/c1-6-8-12-18(4)22-16-23(31)29-21(15-20-13-10-9-11-14-20)26(33)28-19(5)25(32)30-24(17(3)7-2)27(34)35-22/h9-11,13-14,17-19,21-22,24H,6-8,12,15-16H2,1-5H3,(H,28,33)(H,29,31)(H,30,32)/t17-,18-,19-,21-,22+,24+/m0/s1. The maximum absolute atomic E-state index is 13.2. The summed E-state index contributed by atoms with van der Waals surface area (Å²) in [6.07, 6.45) is 2.95. The van der Waals surface area contributed by atoms with E-state index in [1.54, 1.807) is 6.92 Å². The van der Waals surface area contributed by atoms with Gasteiger partial charge in [-0.15, -0.1) is 0 Å². The number of benzene rings is 1. The molecule has 0 bridgehead atoms. The third kappa shape index (κ3) is 8.67. The van der Waals surface area contributed by atoms with Crippen LogP contribution in [0.1, 0.15) is 72.3 Å². The highest BCUT2D eigenvalue weighted by Crippen LogP contribution is 2.21. The van der Waals surface area contributed by atoms with E-state index in [2.05, 4.69) is 22.9 Å². The van der Waals surface area contributed by atoms with Gasteiger partial charge in [0.2, 0.25) is 17.7 Å². The van der Waals surface area contributed by atoms with Crippen molar-refractivity contribution in [3.63, 3.8) is 0 Å². The molecule has 0 saturated carbocycles. The smallest absolute Gasteiger partial charge is 0.329 e. The Morgan fingerprint density at radius 3 is 2.26 bits per heavy atom. The van der Waals surface area contributed by atoms with Crippen molar-refractivity contribution in [2.45, 2.75) is 97.4 Å². The van der Waals surface area contributed by atoms with Gasteiger partial charge in [-0.25, -0.2) is 4.79 Å². The molecule has 3 N–H and O–H groups in total. The second-order valence-electron chi connectivity index (χ2n) is 9.71. The summed E-state index contributed by atoms with van der Waals surface area (Å²) in [6, 6.07) is 6.75. The minimum atomic E-state index is -0.892. The van der Waals surface area contributed by atoms with Crippen molar-refractivity contribution in [1.82, 2.24) is 16.0 Å². The molecule has 0 radical (unpaired) electrons. The number of ether oxygens (including phenoxy) is 1. The fourth-order valence-corrected chi connectivity index (χ4v) is 4.12. The summed E-state index contributed by atoms with van der Waals surface area (Å²) in [6.45, 7) is 9.40. The predicted molar refractivity (Wildman–Crippen MR) is 134 cm³/mol. The molecular weight excluding hydrogens is 446 g/mol. The monoisotopic (exact) mass is 487 g/mol. The Bertz CT molecular complexity index is 860. The number of rotatable bonds is 8. The van der Waals surface area contributed by atoms with Crippen molar-refractivity contribution in [2.24, 2.45) is 11.8 Å². The van der Waals surface area contributed by atoms with Crippen LogP contribution in [0.15, 0.2) is 30.3 Å². The number of esters is 1. The van der Waals surface area contributed by atoms with E-state index in [1.807, 2.05) is 51.1 Å². The van der Waals surface area contributed by atoms with Crippen LogP contribution in [-0.4, -0.2) is 47.9 Å². The molecule has 1 aromatic carbocycles. The zero-order chi connectivity index (χ0) is 26.0. The van der Waals surface area contributed by atoms with Crippen molar-refractivity contribution >= 4 is 23.7 Å². The third-order valence-electron chi connectivity index (χ3n) is 6.75. The molecule has 1 fully saturated rings. The lowest BCUT2D eigenvalue weighted by Gasteiger charge is -2.29. The van der Waals surface area contributed by atoms with Crippen LogP contribution in [0.25, 0.3) is 0 Å². The van der Waals surface area contributed by atoms with Crippen LogP contribution in [0.3, 0.4) is 0 Å². The first-order chi connectivity index (χ1) is 16.7. The number of carbonyl (C=O) groups is 4. The van der Waals surface area contributed by atoms with Crippen LogP contribution in [0.2, 0.25) is 0 Å². The molecule has 0 unspecified atom stereocenters. The Balaban J connectivity index is 2.37. The van der Waals surface area contributed by atoms with Gasteiger partial charge in [0.05, 0.1) is 6.42 Å². The number of unbranched alkanes of at least 4 members (excludes halogenated alkanes) is 1. The number of nitrogens with one attached hydrogen (secondary N) is 3. The molecule has 8 heteroatoms. The molecule has 3 amide bonds. The molecule has 8 nitrogen and oxygen atoms in total. The molecular formula is C27H41N3O5. The van der Waals surface area contributed by atoms with Gasteiger partial charge in [0, 0.05) is 6.42 Å². The summed E-state index contributed by atoms with van der Waals surface area (Å²) in [5.74, 6) is -2.07. The van der Waals surface area contributed by atoms with Gasteiger partial charge in [0.15, 0.2) is 0 Å². The van der Waals surface area contributed by atoms with Crippen molar-refractivity contribution < 1.29 is 23.9 Å². The summed E-state index contributed by atoms with van der Waals surface area (Å²) >= 11 is 0. The van der Waals surface area contributed by atoms with Gasteiger partial charge in [-0.2, -0.15) is 0 Å². The van der Waals surface area contributed by atoms with Gasteiger partial charge in [-0.3, -0.25) is 14.4 Å². The van der Waals surface area contributed by atoms with E-state index in [9.17, 15) is 19.2 Å². The Kier molecular flexibility index (Phi) is 11.2. The Morgan fingerprint density at radius 2 is 1.63 bits per heavy atom. The number of hydrogen-bond acceptors (Lipinski definition) is 5. The SMILES string of the molecule is CCCC[C@H](C)[C@H]1CC(=O)N[C@@H](Cc2ccccc2)C(=O)N[C@@H](C)C(=O)N[C@H]([C@@H](C)CC)C(=O)O1. The first-order valence-corrected chi connectivity index (χ1v) is 12.8. The van der Waals surface area contributed by atoms with Gasteiger partial charge in [0.25, 0.3) is 0 Å². The molecule has 1 heterocycles. The molecule has 2 rings (SSSR count). The van der Waals surface area contributed by atoms with Gasteiger partial charge in [0.1, 0.15) is 24.2 Å². The topological polar surface area (TPSA) is 114 Å². The predicted octanol–water partition coefficient (Wildman–Crippen LogP) is 2.89. The molecule has 194 valence electrons. The maximum Gasteiger partial charge on any atom is 0.329 e. The highest BCUT2D eigenvalue weighted by molar-refractivity contribution is 5.94. The Labute approximate surface area is 208 Å². The van der Waals surface area contributed by atoms with Crippen molar-refractivity contribution in [3.05, 3.63) is 35.9 Å². The molecule has 0 aromatic heterocycles. The number of carbonyl (C=O) groups excluding carboxylic acids is 4. The second kappa shape index (κ2) is 13.9. The minimum absolute atomic E-state index is 0.0497. The van der Waals surface area contributed by atoms with E-state index in [0.29, 0.717) is 6.42 Å². The lowest BCUT2D eigenvalue weighted by Crippen LogP contribution is -2.55. The maximum atomic E-state index is 13.2. The molecule has 1 aromatic rings. The van der Waals surface area contributed by atoms with Gasteiger partial charge < -0.3 is 20.7 Å². The van der Waals surface area contributed by atoms with E-state index in [0.717, 1.165) is 24.8 Å². The van der Waals surface area contributed by atoms with E-state index >= 15 is 0 Å². The summed E-state index contributed by atoms with van der Waals surface area (Å²) < 4.78 is 5.87. The Morgan fingerprint density at radius 1 is 0.943 bits per heavy atom. The second-order valence-corrected chi connectivity index (χ2v) is 9.71. The highest BCUT2D eigenvalue weighted by atomic mass is 16.5. The first kappa shape index (κ1) is 28.3. The molecule has 1 saturated heterocycles. The van der Waals surface area contributed by atoms with Crippen LogP contribution in [0, 0.1) is 11.8 Å². The van der Waals surface area contributed by atoms with Crippen LogP contribution < -0.4 is 16.0 Å². The van der Waals surface area contributed by atoms with E-state index in [1.165, 1.54) is 0 Å². The minimum Gasteiger partial charge on any atom is -0.460 e. The summed E-state index contributed by atoms with van der Waals surface area (Å²) in [5, 5.41) is 8.28. The zero-order valence-electron chi connectivity index (χ0n) is 21.6. The zero-order valence-corrected chi connectivity index (χ0v) is 21.6. The molecule has 6 atom stereocenters.